The van der Waals surface area contributed by atoms with Crippen molar-refractivity contribution in [3.63, 3.8) is 0 Å². The lowest BCUT2D eigenvalue weighted by atomic mass is 9.96. The van der Waals surface area contributed by atoms with Crippen LogP contribution in [0.1, 0.15) is 49.9 Å². The molecule has 5 atom stereocenters. The number of nitrogens with zero attached hydrogens (tertiary/aromatic N) is 6. The van der Waals surface area contributed by atoms with E-state index in [2.05, 4.69) is 24.3 Å². The van der Waals surface area contributed by atoms with E-state index in [1.807, 2.05) is 27.7 Å². The molecule has 1 unspecified atom stereocenters. The topological polar surface area (TPSA) is 74.3 Å². The molecule has 3 fully saturated rings. The highest BCUT2D eigenvalue weighted by Crippen LogP contribution is 2.43. The van der Waals surface area contributed by atoms with Crippen LogP contribution >= 0.6 is 0 Å². The number of carbonyl (C=O) groups is 1. The lowest BCUT2D eigenvalue weighted by Crippen LogP contribution is -2.56. The Hall–Kier alpha value is -5.18. The molecular weight excluding hydrogens is 669 g/mol. The van der Waals surface area contributed by atoms with Crippen LogP contribution in [0.5, 0.6) is 11.8 Å². The van der Waals surface area contributed by atoms with E-state index in [1.54, 1.807) is 18.2 Å². The molecule has 1 amide bonds. The van der Waals surface area contributed by atoms with E-state index in [4.69, 9.17) is 25.9 Å². The maximum Gasteiger partial charge on any atom is 0.319 e. The number of rotatable bonds is 7. The summed E-state index contributed by atoms with van der Waals surface area (Å²) in [5, 5.41) is 0. The molecule has 5 heterocycles. The van der Waals surface area contributed by atoms with Crippen molar-refractivity contribution in [3.05, 3.63) is 83.2 Å². The number of hydrogen-bond donors (Lipinski definition) is 0. The smallest absolute Gasteiger partial charge is 0.319 e. The van der Waals surface area contributed by atoms with Crippen molar-refractivity contribution >= 4 is 29.2 Å². The third-order valence-corrected chi connectivity index (χ3v) is 11.3. The Balaban J connectivity index is 1.16. The molecule has 3 saturated heterocycles. The van der Waals surface area contributed by atoms with Crippen LogP contribution in [0.2, 0.25) is 0 Å². The van der Waals surface area contributed by atoms with Gasteiger partial charge in [-0.05, 0) is 80.7 Å². The van der Waals surface area contributed by atoms with Crippen molar-refractivity contribution in [3.8, 4) is 24.1 Å². The monoisotopic (exact) mass is 710 g/mol. The first-order valence-electron chi connectivity index (χ1n) is 17.9. The molecule has 270 valence electrons. The van der Waals surface area contributed by atoms with Gasteiger partial charge in [-0.25, -0.2) is 13.2 Å². The molecule has 52 heavy (non-hydrogen) atoms. The standard InChI is InChI=1S/C40H41F3N6O3/c1-5-30-32(43)13-14-35-37(30)47(15-16-51-35)28-11-12-31-33(18-28)44-39(45-38(31)46-21-29-17-24(3)34(22-46)49(29)36(50)6-2)52-23-40(4)19-26(42)20-48(40)27-9-7-25(41)8-10-27/h1,6-10,13-14,18,24,26,29,34H,2,11-12,15-17,19-23H2,3-4H3/t24?,26-,29-,34-,40+/m1/s1. The number of hydrogen-bond acceptors (Lipinski definition) is 8. The quantitative estimate of drug-likeness (QED) is 0.221. The van der Waals surface area contributed by atoms with Crippen LogP contribution in [0, 0.1) is 29.9 Å². The number of halogens is 3. The highest BCUT2D eigenvalue weighted by molar-refractivity contribution is 5.88. The van der Waals surface area contributed by atoms with Crippen molar-refractivity contribution in [2.24, 2.45) is 5.92 Å². The van der Waals surface area contributed by atoms with E-state index in [0.717, 1.165) is 23.5 Å². The minimum Gasteiger partial charge on any atom is -0.489 e. The molecule has 2 bridgehead atoms. The van der Waals surface area contributed by atoms with E-state index in [9.17, 15) is 13.6 Å². The predicted molar refractivity (Wildman–Crippen MR) is 193 cm³/mol. The molecule has 12 heteroatoms. The second kappa shape index (κ2) is 13.1. The van der Waals surface area contributed by atoms with Crippen LogP contribution in [0.4, 0.5) is 30.4 Å². The molecule has 1 aromatic heterocycles. The van der Waals surface area contributed by atoms with E-state index in [0.29, 0.717) is 67.8 Å². The van der Waals surface area contributed by atoms with Gasteiger partial charge in [0.05, 0.1) is 35.4 Å². The average molecular weight is 711 g/mol. The second-order valence-corrected chi connectivity index (χ2v) is 14.7. The number of ether oxygens (including phenoxy) is 2. The largest absolute Gasteiger partial charge is 0.489 e. The van der Waals surface area contributed by atoms with Gasteiger partial charge in [-0.2, -0.15) is 9.97 Å². The van der Waals surface area contributed by atoms with Gasteiger partial charge in [0.15, 0.2) is 0 Å². The van der Waals surface area contributed by atoms with Crippen molar-refractivity contribution in [1.82, 2.24) is 14.9 Å². The van der Waals surface area contributed by atoms with Crippen LogP contribution < -0.4 is 24.2 Å². The Bertz CT molecular complexity index is 2000. The van der Waals surface area contributed by atoms with E-state index < -0.39 is 17.5 Å². The number of aromatic nitrogens is 2. The maximum absolute atomic E-state index is 15.0. The molecule has 3 aromatic rings. The van der Waals surface area contributed by atoms with Crippen molar-refractivity contribution in [2.45, 2.75) is 63.3 Å². The van der Waals surface area contributed by atoms with E-state index in [-0.39, 0.29) is 55.0 Å². The molecule has 2 aromatic carbocycles. The minimum atomic E-state index is -1.09. The highest BCUT2D eigenvalue weighted by Gasteiger charge is 2.47. The SMILES string of the molecule is C#Cc1c(F)ccc2c1N(C1=Cc3nc(OC[C@]4(C)C[C@@H](F)CN4c4ccc(F)cc4)nc(N4C[C@H]5CC(C)[C@@H](C4)N5C(=O)C=C)c3CC1)CCO2. The zero-order valence-electron chi connectivity index (χ0n) is 29.3. The predicted octanol–water partition coefficient (Wildman–Crippen LogP) is 5.92. The van der Waals surface area contributed by atoms with Gasteiger partial charge in [0.25, 0.3) is 0 Å². The number of terminal acetylenes is 1. The summed E-state index contributed by atoms with van der Waals surface area (Å²) < 4.78 is 56.0. The number of allylic oxidation sites excluding steroid dienone is 1. The van der Waals surface area contributed by atoms with Gasteiger partial charge in [-0.15, -0.1) is 6.42 Å². The molecular formula is C40H41F3N6O3. The molecule has 4 aliphatic heterocycles. The fraction of sp³-hybridized carbons (Fsp3) is 0.425. The Morgan fingerprint density at radius 2 is 1.96 bits per heavy atom. The van der Waals surface area contributed by atoms with Gasteiger partial charge < -0.3 is 29.1 Å². The molecule has 5 aliphatic rings. The first kappa shape index (κ1) is 33.9. The van der Waals surface area contributed by atoms with Gasteiger partial charge in [-0.3, -0.25) is 4.79 Å². The average Bonchev–Trinajstić information content (AvgIpc) is 3.56. The maximum atomic E-state index is 15.0. The van der Waals surface area contributed by atoms with Crippen molar-refractivity contribution < 1.29 is 27.4 Å². The normalized spacial score (nSPS) is 26.3. The van der Waals surface area contributed by atoms with E-state index >= 15 is 4.39 Å². The zero-order chi connectivity index (χ0) is 36.3. The molecule has 8 rings (SSSR count). The number of benzene rings is 2. The molecule has 9 nitrogen and oxygen atoms in total. The summed E-state index contributed by atoms with van der Waals surface area (Å²) in [5.74, 6) is 3.18. The summed E-state index contributed by atoms with van der Waals surface area (Å²) >= 11 is 0. The van der Waals surface area contributed by atoms with Crippen LogP contribution in [0.15, 0.2) is 54.8 Å². The van der Waals surface area contributed by atoms with Crippen LogP contribution in [0.25, 0.3) is 6.08 Å². The first-order chi connectivity index (χ1) is 25.1. The number of alkyl halides is 1. The third-order valence-electron chi connectivity index (χ3n) is 11.3. The molecule has 0 N–H and O–H groups in total. The number of carbonyl (C=O) groups excluding carboxylic acids is 1. The molecule has 0 spiro atoms. The van der Waals surface area contributed by atoms with Crippen molar-refractivity contribution in [2.75, 3.05) is 54.1 Å². The Labute approximate surface area is 301 Å². The summed E-state index contributed by atoms with van der Waals surface area (Å²) in [6.07, 6.45) is 10.4. The van der Waals surface area contributed by atoms with Gasteiger partial charge in [0.1, 0.15) is 48.3 Å². The fourth-order valence-corrected chi connectivity index (χ4v) is 8.88. The molecule has 0 radical (unpaired) electrons. The van der Waals surface area contributed by atoms with Crippen LogP contribution in [-0.4, -0.2) is 84.0 Å². The summed E-state index contributed by atoms with van der Waals surface area (Å²) in [7, 11) is 0. The first-order valence-corrected chi connectivity index (χ1v) is 17.9. The van der Waals surface area contributed by atoms with Gasteiger partial charge >= 0.3 is 6.01 Å². The van der Waals surface area contributed by atoms with Crippen molar-refractivity contribution in [1.29, 1.82) is 0 Å². The Morgan fingerprint density at radius 1 is 1.15 bits per heavy atom. The number of fused-ring (bicyclic) bond motifs is 4. The van der Waals surface area contributed by atoms with Gasteiger partial charge in [-0.1, -0.05) is 19.4 Å². The second-order valence-electron chi connectivity index (χ2n) is 14.7. The summed E-state index contributed by atoms with van der Waals surface area (Å²) in [6, 6.07) is 9.13. The Morgan fingerprint density at radius 3 is 2.71 bits per heavy atom. The number of piperazine rings is 1. The lowest BCUT2D eigenvalue weighted by molar-refractivity contribution is -0.129. The Kier molecular flexibility index (Phi) is 8.55. The summed E-state index contributed by atoms with van der Waals surface area (Å²) in [5.41, 5.74) is 3.17. The summed E-state index contributed by atoms with van der Waals surface area (Å²) in [4.78, 5) is 31.0. The molecule has 0 saturated carbocycles. The highest BCUT2D eigenvalue weighted by atomic mass is 19.1. The van der Waals surface area contributed by atoms with Gasteiger partial charge in [0.2, 0.25) is 5.91 Å². The summed E-state index contributed by atoms with van der Waals surface area (Å²) in [6.45, 7) is 10.2. The van der Waals surface area contributed by atoms with Crippen LogP contribution in [-0.2, 0) is 11.2 Å². The van der Waals surface area contributed by atoms with Crippen LogP contribution in [0.3, 0.4) is 0 Å². The lowest BCUT2D eigenvalue weighted by Gasteiger charge is -2.43. The number of amides is 1. The van der Waals surface area contributed by atoms with Gasteiger partial charge in [0, 0.05) is 43.0 Å². The number of anilines is 3. The zero-order valence-corrected chi connectivity index (χ0v) is 29.3. The molecule has 1 aliphatic carbocycles. The van der Waals surface area contributed by atoms with E-state index in [1.165, 1.54) is 24.3 Å². The fourth-order valence-electron chi connectivity index (χ4n) is 8.88. The third kappa shape index (κ3) is 5.80. The minimum absolute atomic E-state index is 0.000913.